The number of rotatable bonds is 8. The number of hydrogen-bond acceptors (Lipinski definition) is 4. The molecule has 2 heterocycles. The van der Waals surface area contributed by atoms with E-state index >= 15 is 0 Å². The van der Waals surface area contributed by atoms with Crippen molar-refractivity contribution >= 4 is 21.8 Å². The maximum atomic E-state index is 12.6. The molecule has 3 rings (SSSR count). The Morgan fingerprint density at radius 3 is 2.46 bits per heavy atom. The van der Waals surface area contributed by atoms with Crippen molar-refractivity contribution in [2.75, 3.05) is 52.4 Å². The summed E-state index contributed by atoms with van der Waals surface area (Å²) in [6.45, 7) is 4.48. The van der Waals surface area contributed by atoms with Crippen LogP contribution in [0.15, 0.2) is 35.2 Å². The number of benzene rings is 1. The smallest absolute Gasteiger partial charge is 0.275 e. The molecule has 2 fully saturated rings. The van der Waals surface area contributed by atoms with E-state index in [1.54, 1.807) is 30.3 Å². The van der Waals surface area contributed by atoms with E-state index in [-0.39, 0.29) is 11.8 Å². The molecule has 2 saturated heterocycles. The summed E-state index contributed by atoms with van der Waals surface area (Å²) in [7, 11) is -3.46. The molecule has 0 atom stereocenters. The predicted octanol–water partition coefficient (Wildman–Crippen LogP) is -1.30. The van der Waals surface area contributed by atoms with Gasteiger partial charge in [-0.15, -0.1) is 0 Å². The Morgan fingerprint density at radius 1 is 1.11 bits per heavy atom. The van der Waals surface area contributed by atoms with Crippen LogP contribution in [0.4, 0.5) is 0 Å². The Kier molecular flexibility index (Phi) is 7.03. The summed E-state index contributed by atoms with van der Waals surface area (Å²) in [5.74, 6) is 0.182. The normalized spacial score (nSPS) is 19.1. The van der Waals surface area contributed by atoms with Gasteiger partial charge in [0.15, 0.2) is 6.54 Å². The van der Waals surface area contributed by atoms with E-state index in [1.807, 2.05) is 4.90 Å². The monoisotopic (exact) mass is 409 g/mol. The third-order valence-corrected chi connectivity index (χ3v) is 7.23. The molecule has 0 aliphatic carbocycles. The van der Waals surface area contributed by atoms with Crippen molar-refractivity contribution in [2.24, 2.45) is 0 Å². The molecule has 1 aromatic rings. The summed E-state index contributed by atoms with van der Waals surface area (Å²) in [6.07, 6.45) is 2.33. The molecule has 2 amide bonds. The van der Waals surface area contributed by atoms with Gasteiger partial charge in [0.25, 0.3) is 5.91 Å². The topological polar surface area (TPSA) is 91.2 Å². The van der Waals surface area contributed by atoms with Crippen LogP contribution in [-0.4, -0.2) is 81.8 Å². The number of hydrogen-bond donors (Lipinski definition) is 2. The zero-order valence-electron chi connectivity index (χ0n) is 16.1. The molecule has 2 aliphatic heterocycles. The number of amides is 2. The first-order valence-corrected chi connectivity index (χ1v) is 11.3. The van der Waals surface area contributed by atoms with Gasteiger partial charge in [-0.1, -0.05) is 18.2 Å². The second-order valence-electron chi connectivity index (χ2n) is 7.33. The molecule has 28 heavy (non-hydrogen) atoms. The lowest BCUT2D eigenvalue weighted by Gasteiger charge is -2.31. The number of carbonyl (C=O) groups is 2. The Hall–Kier alpha value is -1.97. The highest BCUT2D eigenvalue weighted by molar-refractivity contribution is 7.89. The molecule has 9 heteroatoms. The van der Waals surface area contributed by atoms with Gasteiger partial charge >= 0.3 is 0 Å². The van der Waals surface area contributed by atoms with Crippen LogP contribution in [0.25, 0.3) is 0 Å². The van der Waals surface area contributed by atoms with Crippen LogP contribution in [0.2, 0.25) is 0 Å². The molecule has 8 nitrogen and oxygen atoms in total. The molecular formula is C19H29N4O4S+. The second-order valence-corrected chi connectivity index (χ2v) is 9.27. The highest BCUT2D eigenvalue weighted by atomic mass is 32.2. The van der Waals surface area contributed by atoms with Crippen LogP contribution in [0.1, 0.15) is 19.3 Å². The number of sulfonamides is 1. The number of nitrogens with one attached hydrogen (secondary N) is 2. The Labute approximate surface area is 166 Å². The number of quaternary nitrogens is 1. The zero-order chi connectivity index (χ0) is 20.0. The van der Waals surface area contributed by atoms with Crippen LogP contribution < -0.4 is 10.2 Å². The average molecular weight is 410 g/mol. The maximum Gasteiger partial charge on any atom is 0.275 e. The second kappa shape index (κ2) is 9.49. The molecular weight excluding hydrogens is 380 g/mol. The van der Waals surface area contributed by atoms with Crippen molar-refractivity contribution in [3.05, 3.63) is 30.3 Å². The van der Waals surface area contributed by atoms with Crippen molar-refractivity contribution in [2.45, 2.75) is 24.2 Å². The number of likely N-dealkylation sites (tertiary alicyclic amines) is 1. The summed E-state index contributed by atoms with van der Waals surface area (Å²) >= 11 is 0. The highest BCUT2D eigenvalue weighted by Crippen LogP contribution is 2.14. The van der Waals surface area contributed by atoms with Crippen LogP contribution >= 0.6 is 0 Å². The number of carbonyl (C=O) groups excluding carboxylic acids is 2. The summed E-state index contributed by atoms with van der Waals surface area (Å²) < 4.78 is 26.8. The average Bonchev–Trinajstić information content (AvgIpc) is 3.11. The zero-order valence-corrected chi connectivity index (χ0v) is 16.9. The van der Waals surface area contributed by atoms with Crippen molar-refractivity contribution < 1.29 is 22.9 Å². The quantitative estimate of drug-likeness (QED) is 0.523. The summed E-state index contributed by atoms with van der Waals surface area (Å²) in [6, 6.07) is 8.45. The van der Waals surface area contributed by atoms with Crippen LogP contribution in [-0.2, 0) is 19.6 Å². The summed E-state index contributed by atoms with van der Waals surface area (Å²) in [4.78, 5) is 26.9. The van der Waals surface area contributed by atoms with Gasteiger partial charge in [-0.3, -0.25) is 9.59 Å². The first-order chi connectivity index (χ1) is 13.5. The van der Waals surface area contributed by atoms with E-state index in [9.17, 15) is 18.0 Å². The van der Waals surface area contributed by atoms with Gasteiger partial charge in [0, 0.05) is 26.1 Å². The Morgan fingerprint density at radius 2 is 1.82 bits per heavy atom. The Balaban J connectivity index is 1.36. The third-order valence-electron chi connectivity index (χ3n) is 5.32. The van der Waals surface area contributed by atoms with Gasteiger partial charge in [0.1, 0.15) is 0 Å². The van der Waals surface area contributed by atoms with E-state index in [1.165, 1.54) is 4.31 Å². The minimum absolute atomic E-state index is 0.0258. The van der Waals surface area contributed by atoms with Gasteiger partial charge in [-0.25, -0.2) is 8.42 Å². The first-order valence-electron chi connectivity index (χ1n) is 9.90. The maximum absolute atomic E-state index is 12.6. The van der Waals surface area contributed by atoms with Crippen molar-refractivity contribution in [1.29, 1.82) is 0 Å². The van der Waals surface area contributed by atoms with E-state index in [0.717, 1.165) is 24.3 Å². The van der Waals surface area contributed by atoms with Crippen LogP contribution in [0, 0.1) is 0 Å². The van der Waals surface area contributed by atoms with Gasteiger partial charge < -0.3 is 15.1 Å². The molecule has 154 valence electrons. The lowest BCUT2D eigenvalue weighted by atomic mass is 10.3. The molecule has 0 unspecified atom stereocenters. The first kappa shape index (κ1) is 20.8. The molecule has 2 aliphatic rings. The van der Waals surface area contributed by atoms with Crippen molar-refractivity contribution in [1.82, 2.24) is 14.5 Å². The van der Waals surface area contributed by atoms with Gasteiger partial charge in [0.05, 0.1) is 31.1 Å². The number of piperazine rings is 1. The summed E-state index contributed by atoms with van der Waals surface area (Å²) in [5.41, 5.74) is 0. The van der Waals surface area contributed by atoms with E-state index in [2.05, 4.69) is 5.32 Å². The van der Waals surface area contributed by atoms with E-state index in [4.69, 9.17) is 0 Å². The molecule has 0 bridgehead atoms. The van der Waals surface area contributed by atoms with Gasteiger partial charge in [0.2, 0.25) is 15.9 Å². The Bertz CT molecular complexity index is 776. The number of nitrogens with zero attached hydrogens (tertiary/aromatic N) is 2. The lowest BCUT2D eigenvalue weighted by Crippen LogP contribution is -3.15. The fourth-order valence-electron chi connectivity index (χ4n) is 3.69. The van der Waals surface area contributed by atoms with E-state index in [0.29, 0.717) is 57.1 Å². The largest absolute Gasteiger partial charge is 0.351 e. The minimum atomic E-state index is -3.46. The fraction of sp³-hybridized carbons (Fsp3) is 0.579. The van der Waals surface area contributed by atoms with Crippen molar-refractivity contribution in [3.63, 3.8) is 0 Å². The highest BCUT2D eigenvalue weighted by Gasteiger charge is 2.30. The van der Waals surface area contributed by atoms with E-state index < -0.39 is 10.0 Å². The van der Waals surface area contributed by atoms with Gasteiger partial charge in [-0.05, 0) is 25.0 Å². The van der Waals surface area contributed by atoms with Gasteiger partial charge in [-0.2, -0.15) is 4.31 Å². The minimum Gasteiger partial charge on any atom is -0.351 e. The SMILES string of the molecule is O=C(C[NH+]1CCN(S(=O)(=O)c2ccccc2)CC1)NCCCN1CCCC1=O. The third kappa shape index (κ3) is 5.30. The molecule has 1 aromatic carbocycles. The molecule has 2 N–H and O–H groups in total. The molecule has 0 radical (unpaired) electrons. The van der Waals surface area contributed by atoms with Crippen LogP contribution in [0.3, 0.4) is 0 Å². The molecule has 0 saturated carbocycles. The summed E-state index contributed by atoms with van der Waals surface area (Å²) in [5, 5.41) is 2.91. The standard InChI is InChI=1S/C19H28N4O4S/c24-18(20-9-5-11-22-10-4-8-19(22)25)16-21-12-14-23(15-13-21)28(26,27)17-6-2-1-3-7-17/h1-3,6-7H,4-5,8-16H2,(H,20,24)/p+1. The molecule has 0 aromatic heterocycles. The van der Waals surface area contributed by atoms with Crippen molar-refractivity contribution in [3.8, 4) is 0 Å². The fourth-order valence-corrected chi connectivity index (χ4v) is 5.15. The lowest BCUT2D eigenvalue weighted by molar-refractivity contribution is -0.895. The molecule has 0 spiro atoms. The predicted molar refractivity (Wildman–Crippen MR) is 104 cm³/mol. The van der Waals surface area contributed by atoms with Crippen LogP contribution in [0.5, 0.6) is 0 Å².